The Bertz CT molecular complexity index is 1110. The Morgan fingerprint density at radius 3 is 2.97 bits per heavy atom. The minimum atomic E-state index is -0.923. The van der Waals surface area contributed by atoms with Crippen LogP contribution in [0.3, 0.4) is 0 Å². The zero-order valence-corrected chi connectivity index (χ0v) is 22.0. The summed E-state index contributed by atoms with van der Waals surface area (Å²) in [5.41, 5.74) is 4.30. The van der Waals surface area contributed by atoms with E-state index >= 15 is 0 Å². The monoisotopic (exact) mass is 528 g/mol. The van der Waals surface area contributed by atoms with Crippen molar-refractivity contribution in [2.45, 2.75) is 57.4 Å². The van der Waals surface area contributed by atoms with Crippen LogP contribution in [0, 0.1) is 5.92 Å². The van der Waals surface area contributed by atoms with Crippen molar-refractivity contribution in [3.63, 3.8) is 0 Å². The number of hydrogen-bond acceptors (Lipinski definition) is 6. The van der Waals surface area contributed by atoms with Crippen LogP contribution < -0.4 is 15.4 Å². The van der Waals surface area contributed by atoms with Gasteiger partial charge in [-0.2, -0.15) is 0 Å². The second-order valence-electron chi connectivity index (χ2n) is 10.2. The predicted molar refractivity (Wildman–Crippen MR) is 145 cm³/mol. The summed E-state index contributed by atoms with van der Waals surface area (Å²) in [5, 5.41) is 16.0. The number of ether oxygens (including phenoxy) is 1. The van der Waals surface area contributed by atoms with E-state index < -0.39 is 12.0 Å². The van der Waals surface area contributed by atoms with E-state index in [1.165, 1.54) is 5.56 Å². The molecule has 2 unspecified atom stereocenters. The lowest BCUT2D eigenvalue weighted by Gasteiger charge is -2.33. The Morgan fingerprint density at radius 2 is 2.11 bits per heavy atom. The number of fused-ring (bicyclic) bond motifs is 2. The smallest absolute Gasteiger partial charge is 0.305 e. The molecule has 1 aromatic heterocycles. The lowest BCUT2D eigenvalue weighted by atomic mass is 9.93. The number of carboxylic acids is 1. The Labute approximate surface area is 224 Å². The van der Waals surface area contributed by atoms with Gasteiger partial charge >= 0.3 is 5.97 Å². The number of benzene rings is 1. The van der Waals surface area contributed by atoms with Crippen LogP contribution in [0.15, 0.2) is 30.3 Å². The molecule has 37 heavy (non-hydrogen) atoms. The molecule has 2 aromatic rings. The second kappa shape index (κ2) is 12.6. The number of aryl methyl sites for hydroxylation is 2. The molecule has 1 aromatic carbocycles. The fourth-order valence-electron chi connectivity index (χ4n) is 5.74. The summed E-state index contributed by atoms with van der Waals surface area (Å²) in [4.78, 5) is 32.0. The van der Waals surface area contributed by atoms with Crippen molar-refractivity contribution < 1.29 is 19.4 Å². The van der Waals surface area contributed by atoms with E-state index in [2.05, 4.69) is 27.7 Å². The summed E-state index contributed by atoms with van der Waals surface area (Å²) in [6.45, 7) is 4.22. The molecule has 3 aliphatic heterocycles. The van der Waals surface area contributed by atoms with Gasteiger partial charge < -0.3 is 25.4 Å². The van der Waals surface area contributed by atoms with Gasteiger partial charge in [0.05, 0.1) is 25.0 Å². The minimum Gasteiger partial charge on any atom is -0.493 e. The molecule has 0 spiro atoms. The SMILES string of the molecule is Cl.O=C(O)CC(NC(=O)C1CCCN(CCCc2ccc3c(n2)NCCC3)C1)c1cccc2c1CCO2. The number of aromatic nitrogens is 1. The van der Waals surface area contributed by atoms with Crippen LogP contribution in [0.25, 0.3) is 0 Å². The van der Waals surface area contributed by atoms with Crippen LogP contribution in [0.5, 0.6) is 5.75 Å². The number of hydrogen-bond donors (Lipinski definition) is 3. The molecule has 0 bridgehead atoms. The number of nitrogens with zero attached hydrogens (tertiary/aromatic N) is 2. The van der Waals surface area contributed by atoms with Gasteiger partial charge in [-0.25, -0.2) is 4.98 Å². The number of piperidine rings is 1. The Balaban J connectivity index is 0.00000320. The molecule has 2 atom stereocenters. The van der Waals surface area contributed by atoms with Gasteiger partial charge in [0, 0.05) is 30.8 Å². The fourth-order valence-corrected chi connectivity index (χ4v) is 5.74. The second-order valence-corrected chi connectivity index (χ2v) is 10.2. The number of carbonyl (C=O) groups is 2. The third-order valence-corrected chi connectivity index (χ3v) is 7.58. The van der Waals surface area contributed by atoms with E-state index in [0.717, 1.165) is 93.0 Å². The molecule has 3 aliphatic rings. The maximum atomic E-state index is 13.3. The van der Waals surface area contributed by atoms with Crippen LogP contribution >= 0.6 is 12.4 Å². The molecular weight excluding hydrogens is 492 g/mol. The fraction of sp³-hybridized carbons (Fsp3) is 0.536. The summed E-state index contributed by atoms with van der Waals surface area (Å²) in [7, 11) is 0. The molecule has 3 N–H and O–H groups in total. The number of likely N-dealkylation sites (tertiary alicyclic amines) is 1. The molecule has 4 heterocycles. The summed E-state index contributed by atoms with van der Waals surface area (Å²) in [6.07, 6.45) is 6.58. The van der Waals surface area contributed by atoms with Crippen LogP contribution in [-0.2, 0) is 28.9 Å². The standard InChI is InChI=1S/C28H36N4O4.ClH/c33-26(34)17-24(22-8-1-9-25-23(22)12-16-36-25)31-28(35)20-6-3-14-32(18-20)15-4-7-21-11-10-19-5-2-13-29-27(19)30-21;/h1,8-11,20,24H,2-7,12-18H2,(H,29,30)(H,31,35)(H,33,34);1H. The number of halogens is 1. The topological polar surface area (TPSA) is 104 Å². The minimum absolute atomic E-state index is 0. The van der Waals surface area contributed by atoms with Gasteiger partial charge in [0.15, 0.2) is 0 Å². The lowest BCUT2D eigenvalue weighted by molar-refractivity contribution is -0.138. The van der Waals surface area contributed by atoms with Gasteiger partial charge in [0.1, 0.15) is 11.6 Å². The van der Waals surface area contributed by atoms with Crippen LogP contribution in [0.4, 0.5) is 5.82 Å². The van der Waals surface area contributed by atoms with Crippen molar-refractivity contribution >= 4 is 30.1 Å². The van der Waals surface area contributed by atoms with Crippen molar-refractivity contribution in [2.24, 2.45) is 5.92 Å². The molecule has 8 nitrogen and oxygen atoms in total. The first kappa shape index (κ1) is 27.2. The number of anilines is 1. The molecule has 1 fully saturated rings. The highest BCUT2D eigenvalue weighted by atomic mass is 35.5. The number of amides is 1. The van der Waals surface area contributed by atoms with E-state index in [0.29, 0.717) is 13.2 Å². The summed E-state index contributed by atoms with van der Waals surface area (Å²) >= 11 is 0. The van der Waals surface area contributed by atoms with Gasteiger partial charge in [-0.05, 0) is 74.9 Å². The van der Waals surface area contributed by atoms with Gasteiger partial charge in [-0.15, -0.1) is 12.4 Å². The highest BCUT2D eigenvalue weighted by Crippen LogP contribution is 2.33. The largest absolute Gasteiger partial charge is 0.493 e. The van der Waals surface area contributed by atoms with E-state index in [4.69, 9.17) is 9.72 Å². The van der Waals surface area contributed by atoms with E-state index in [1.807, 2.05) is 18.2 Å². The van der Waals surface area contributed by atoms with Crippen molar-refractivity contribution in [2.75, 3.05) is 38.1 Å². The number of aliphatic carboxylic acids is 1. The maximum Gasteiger partial charge on any atom is 0.305 e. The first-order valence-corrected chi connectivity index (χ1v) is 13.3. The van der Waals surface area contributed by atoms with Gasteiger partial charge in [0.2, 0.25) is 5.91 Å². The van der Waals surface area contributed by atoms with Crippen LogP contribution in [0.1, 0.15) is 60.5 Å². The van der Waals surface area contributed by atoms with Crippen LogP contribution in [0.2, 0.25) is 0 Å². The van der Waals surface area contributed by atoms with Crippen LogP contribution in [-0.4, -0.2) is 59.7 Å². The lowest BCUT2D eigenvalue weighted by Crippen LogP contribution is -2.44. The zero-order chi connectivity index (χ0) is 24.9. The molecule has 0 saturated carbocycles. The molecule has 9 heteroatoms. The van der Waals surface area contributed by atoms with Crippen molar-refractivity contribution in [1.29, 1.82) is 0 Å². The summed E-state index contributed by atoms with van der Waals surface area (Å²) < 4.78 is 5.65. The highest BCUT2D eigenvalue weighted by Gasteiger charge is 2.30. The quantitative estimate of drug-likeness (QED) is 0.455. The Kier molecular flexibility index (Phi) is 9.27. The molecule has 1 amide bonds. The number of rotatable bonds is 9. The third-order valence-electron chi connectivity index (χ3n) is 7.58. The third kappa shape index (κ3) is 6.73. The van der Waals surface area contributed by atoms with Crippen molar-refractivity contribution in [3.05, 3.63) is 52.7 Å². The van der Waals surface area contributed by atoms with E-state index in [1.54, 1.807) is 0 Å². The number of carboxylic acid groups (broad SMARTS) is 1. The first-order valence-electron chi connectivity index (χ1n) is 13.3. The number of pyridine rings is 1. The molecular formula is C28H37ClN4O4. The molecule has 1 saturated heterocycles. The average molecular weight is 529 g/mol. The normalized spacial score (nSPS) is 19.4. The first-order chi connectivity index (χ1) is 17.6. The van der Waals surface area contributed by atoms with E-state index in [9.17, 15) is 14.7 Å². The Hall–Kier alpha value is -2.84. The predicted octanol–water partition coefficient (Wildman–Crippen LogP) is 3.77. The Morgan fingerprint density at radius 1 is 1.22 bits per heavy atom. The van der Waals surface area contributed by atoms with Crippen molar-refractivity contribution in [3.8, 4) is 5.75 Å². The summed E-state index contributed by atoms with van der Waals surface area (Å²) in [5.74, 6) is 0.734. The molecule has 0 radical (unpaired) electrons. The average Bonchev–Trinajstić information content (AvgIpc) is 3.37. The molecule has 200 valence electrons. The summed E-state index contributed by atoms with van der Waals surface area (Å²) in [6, 6.07) is 9.49. The van der Waals surface area contributed by atoms with Crippen molar-refractivity contribution in [1.82, 2.24) is 15.2 Å². The molecule has 0 aliphatic carbocycles. The molecule has 5 rings (SSSR count). The maximum absolute atomic E-state index is 13.3. The zero-order valence-electron chi connectivity index (χ0n) is 21.2. The van der Waals surface area contributed by atoms with Gasteiger partial charge in [0.25, 0.3) is 0 Å². The van der Waals surface area contributed by atoms with E-state index in [-0.39, 0.29) is 30.7 Å². The van der Waals surface area contributed by atoms with Gasteiger partial charge in [-0.1, -0.05) is 18.2 Å². The van der Waals surface area contributed by atoms with Gasteiger partial charge in [-0.3, -0.25) is 9.59 Å². The number of carbonyl (C=O) groups excluding carboxylic acids is 1. The highest BCUT2D eigenvalue weighted by molar-refractivity contribution is 5.85. The number of nitrogens with one attached hydrogen (secondary N) is 2.